The van der Waals surface area contributed by atoms with Gasteiger partial charge in [0.15, 0.2) is 5.69 Å². The molecule has 0 bridgehead atoms. The van der Waals surface area contributed by atoms with Crippen LogP contribution in [0.4, 0.5) is 13.2 Å². The lowest BCUT2D eigenvalue weighted by Crippen LogP contribution is -2.10. The minimum Gasteiger partial charge on any atom is -0.372 e. The Balaban J connectivity index is 2.92. The first-order valence-corrected chi connectivity index (χ1v) is 3.13. The van der Waals surface area contributed by atoms with Crippen molar-refractivity contribution >= 4 is 0 Å². The molecule has 0 aliphatic carbocycles. The van der Waals surface area contributed by atoms with E-state index in [4.69, 9.17) is 5.11 Å². The lowest BCUT2D eigenvalue weighted by atomic mass is 10.4. The Bertz CT molecular complexity index is 266. The van der Waals surface area contributed by atoms with E-state index in [1.54, 1.807) is 0 Å². The lowest BCUT2D eigenvalue weighted by Gasteiger charge is -2.03. The van der Waals surface area contributed by atoms with Crippen LogP contribution in [0.3, 0.4) is 0 Å². The van der Waals surface area contributed by atoms with Crippen LogP contribution < -0.4 is 0 Å². The first kappa shape index (κ1) is 9.05. The van der Waals surface area contributed by atoms with Gasteiger partial charge in [0.25, 0.3) is 0 Å². The summed E-state index contributed by atoms with van der Waals surface area (Å²) in [6, 6.07) is 1.89. The second-order valence-electron chi connectivity index (χ2n) is 2.23. The largest absolute Gasteiger partial charge is 0.435 e. The topological polar surface area (TPSA) is 38.0 Å². The van der Waals surface area contributed by atoms with E-state index in [-0.39, 0.29) is 0 Å². The maximum Gasteiger partial charge on any atom is 0.435 e. The minimum atomic E-state index is -4.50. The van der Waals surface area contributed by atoms with E-state index in [9.17, 15) is 13.2 Å². The highest BCUT2D eigenvalue weighted by Crippen LogP contribution is 2.27. The van der Waals surface area contributed by atoms with Gasteiger partial charge in [-0.05, 0) is 6.92 Å². The van der Waals surface area contributed by atoms with Gasteiger partial charge in [0, 0.05) is 12.3 Å². The second-order valence-corrected chi connectivity index (χ2v) is 2.23. The molecule has 1 radical (unpaired) electrons. The smallest absolute Gasteiger partial charge is 0.372 e. The summed E-state index contributed by atoms with van der Waals surface area (Å²) in [4.78, 5) is 0. The Kier molecular flexibility index (Phi) is 2.10. The zero-order valence-electron chi connectivity index (χ0n) is 6.13. The molecule has 0 aliphatic heterocycles. The van der Waals surface area contributed by atoms with Gasteiger partial charge in [-0.1, -0.05) is 0 Å². The van der Waals surface area contributed by atoms with Gasteiger partial charge in [-0.3, -0.25) is 0 Å². The van der Waals surface area contributed by atoms with Crippen molar-refractivity contribution in [3.05, 3.63) is 18.0 Å². The highest BCUT2D eigenvalue weighted by molar-refractivity contribution is 5.01. The number of hydrogen-bond donors (Lipinski definition) is 1. The Hall–Kier alpha value is -1.04. The molecule has 1 aromatic heterocycles. The van der Waals surface area contributed by atoms with Crippen molar-refractivity contribution in [1.29, 1.82) is 0 Å². The molecule has 0 fully saturated rings. The van der Waals surface area contributed by atoms with Crippen LogP contribution >= 0.6 is 0 Å². The molecule has 0 aromatic carbocycles. The molecule has 0 aliphatic rings. The van der Waals surface area contributed by atoms with E-state index < -0.39 is 18.1 Å². The molecule has 0 amide bonds. The molecule has 67 valence electrons. The number of rotatable bonds is 1. The summed E-state index contributed by atoms with van der Waals surface area (Å²) < 4.78 is 36.4. The molecule has 1 rings (SSSR count). The molecule has 12 heavy (non-hydrogen) atoms. The number of aliphatic hydroxyl groups excluding tert-OH is 1. The van der Waals surface area contributed by atoms with Crippen molar-refractivity contribution < 1.29 is 18.3 Å². The molecule has 0 saturated carbocycles. The van der Waals surface area contributed by atoms with Crippen LogP contribution in [0.1, 0.15) is 18.8 Å². The summed E-state index contributed by atoms with van der Waals surface area (Å²) in [5, 5.41) is 11.9. The van der Waals surface area contributed by atoms with E-state index in [1.165, 1.54) is 6.92 Å². The Morgan fingerprint density at radius 1 is 1.67 bits per heavy atom. The molecule has 0 spiro atoms. The average molecular weight is 179 g/mol. The molecule has 1 unspecified atom stereocenters. The Morgan fingerprint density at radius 3 is 2.50 bits per heavy atom. The average Bonchev–Trinajstić information content (AvgIpc) is 2.30. The van der Waals surface area contributed by atoms with E-state index in [0.717, 1.165) is 10.9 Å². The van der Waals surface area contributed by atoms with Crippen LogP contribution in [0.5, 0.6) is 0 Å². The zero-order chi connectivity index (χ0) is 9.35. The van der Waals surface area contributed by atoms with E-state index in [1.807, 2.05) is 6.07 Å². The SMILES string of the molecule is CC(O)n1c[c]c(C(F)(F)F)n1. The number of alkyl halides is 3. The van der Waals surface area contributed by atoms with E-state index >= 15 is 0 Å². The van der Waals surface area contributed by atoms with Crippen molar-refractivity contribution in [3.63, 3.8) is 0 Å². The standard InChI is InChI=1S/C6H6F3N2O/c1-4(12)11-3-2-5(10-11)6(7,8)9/h3-4,12H,1H3. The quantitative estimate of drug-likeness (QED) is 0.703. The summed E-state index contributed by atoms with van der Waals surface area (Å²) >= 11 is 0. The Labute approximate surface area is 66.4 Å². The second kappa shape index (κ2) is 2.78. The van der Waals surface area contributed by atoms with Crippen LogP contribution in [0.15, 0.2) is 6.20 Å². The van der Waals surface area contributed by atoms with Gasteiger partial charge in [-0.15, -0.1) is 0 Å². The molecule has 1 atom stereocenters. The van der Waals surface area contributed by atoms with Gasteiger partial charge in [-0.2, -0.15) is 18.3 Å². The fraction of sp³-hybridized carbons (Fsp3) is 0.500. The van der Waals surface area contributed by atoms with E-state index in [2.05, 4.69) is 5.10 Å². The fourth-order valence-electron chi connectivity index (χ4n) is 0.630. The Morgan fingerprint density at radius 2 is 2.25 bits per heavy atom. The molecular formula is C6H6F3N2O. The van der Waals surface area contributed by atoms with Gasteiger partial charge in [0.1, 0.15) is 6.23 Å². The molecule has 1 N–H and O–H groups in total. The summed E-state index contributed by atoms with van der Waals surface area (Å²) in [7, 11) is 0. The van der Waals surface area contributed by atoms with Crippen LogP contribution in [0.2, 0.25) is 0 Å². The number of hydrogen-bond acceptors (Lipinski definition) is 2. The predicted molar refractivity (Wildman–Crippen MR) is 33.0 cm³/mol. The van der Waals surface area contributed by atoms with Gasteiger partial charge in [0.2, 0.25) is 0 Å². The van der Waals surface area contributed by atoms with Crippen LogP contribution in [0.25, 0.3) is 0 Å². The number of aliphatic hydroxyl groups is 1. The summed E-state index contributed by atoms with van der Waals surface area (Å²) in [5.74, 6) is 0. The molecule has 3 nitrogen and oxygen atoms in total. The van der Waals surface area contributed by atoms with Gasteiger partial charge in [0.05, 0.1) is 0 Å². The molecule has 0 saturated heterocycles. The molecular weight excluding hydrogens is 173 g/mol. The zero-order valence-corrected chi connectivity index (χ0v) is 6.13. The number of aromatic nitrogens is 2. The van der Waals surface area contributed by atoms with Gasteiger partial charge < -0.3 is 5.11 Å². The van der Waals surface area contributed by atoms with Crippen molar-refractivity contribution in [2.45, 2.75) is 19.3 Å². The van der Waals surface area contributed by atoms with Crippen molar-refractivity contribution in [2.75, 3.05) is 0 Å². The van der Waals surface area contributed by atoms with Crippen molar-refractivity contribution in [2.24, 2.45) is 0 Å². The monoisotopic (exact) mass is 179 g/mol. The van der Waals surface area contributed by atoms with Crippen LogP contribution in [0, 0.1) is 6.07 Å². The first-order valence-electron chi connectivity index (χ1n) is 3.13. The third kappa shape index (κ3) is 1.76. The van der Waals surface area contributed by atoms with Crippen LogP contribution in [-0.4, -0.2) is 14.9 Å². The summed E-state index contributed by atoms with van der Waals surface area (Å²) in [6.45, 7) is 1.31. The maximum atomic E-state index is 11.9. The summed E-state index contributed by atoms with van der Waals surface area (Å²) in [6.07, 6.45) is -4.62. The third-order valence-corrected chi connectivity index (χ3v) is 1.20. The van der Waals surface area contributed by atoms with Gasteiger partial charge in [-0.25, -0.2) is 4.68 Å². The summed E-state index contributed by atoms with van der Waals surface area (Å²) in [5.41, 5.74) is -1.12. The van der Waals surface area contributed by atoms with Crippen LogP contribution in [-0.2, 0) is 6.18 Å². The maximum absolute atomic E-state index is 11.9. The molecule has 1 aromatic rings. The highest BCUT2D eigenvalue weighted by atomic mass is 19.4. The normalized spacial score (nSPS) is 14.8. The predicted octanol–water partition coefficient (Wildman–Crippen LogP) is 1.21. The fourth-order valence-corrected chi connectivity index (χ4v) is 0.630. The van der Waals surface area contributed by atoms with Crippen molar-refractivity contribution in [3.8, 4) is 0 Å². The van der Waals surface area contributed by atoms with Crippen molar-refractivity contribution in [1.82, 2.24) is 9.78 Å². The lowest BCUT2D eigenvalue weighted by molar-refractivity contribution is -0.142. The molecule has 6 heteroatoms. The number of halogens is 3. The third-order valence-electron chi connectivity index (χ3n) is 1.20. The van der Waals surface area contributed by atoms with Gasteiger partial charge >= 0.3 is 6.18 Å². The first-order chi connectivity index (χ1) is 5.41. The molecule has 1 heterocycles. The number of nitrogens with zero attached hydrogens (tertiary/aromatic N) is 2. The van der Waals surface area contributed by atoms with E-state index in [0.29, 0.717) is 0 Å². The minimum absolute atomic E-state index is 0.781. The highest BCUT2D eigenvalue weighted by Gasteiger charge is 2.34.